The van der Waals surface area contributed by atoms with Crippen LogP contribution in [0.15, 0.2) is 18.3 Å². The third-order valence-corrected chi connectivity index (χ3v) is 2.78. The molecule has 0 bridgehead atoms. The van der Waals surface area contributed by atoms with Gasteiger partial charge in [0, 0.05) is 24.3 Å². The summed E-state index contributed by atoms with van der Waals surface area (Å²) >= 11 is 0. The van der Waals surface area contributed by atoms with Gasteiger partial charge in [-0.05, 0) is 12.5 Å². The van der Waals surface area contributed by atoms with Crippen LogP contribution in [0.25, 0.3) is 0 Å². The van der Waals surface area contributed by atoms with Gasteiger partial charge in [0.15, 0.2) is 0 Å². The molecule has 3 N–H and O–H groups in total. The molecule has 0 saturated carbocycles. The number of nitrogens with one attached hydrogen (secondary N) is 1. The average molecular weight is 235 g/mol. The van der Waals surface area contributed by atoms with Crippen LogP contribution in [0.4, 0.5) is 0 Å². The minimum absolute atomic E-state index is 0.0200. The van der Waals surface area contributed by atoms with Gasteiger partial charge in [0.25, 0.3) is 0 Å². The number of hydrogen-bond donors (Lipinski definition) is 2. The number of nitrogen functional groups attached to an aromatic ring is 1. The highest BCUT2D eigenvalue weighted by Gasteiger charge is 2.16. The van der Waals surface area contributed by atoms with Crippen molar-refractivity contribution in [3.8, 4) is 0 Å². The van der Waals surface area contributed by atoms with Gasteiger partial charge in [0.05, 0.1) is 19.8 Å². The van der Waals surface area contributed by atoms with Crippen molar-refractivity contribution in [2.24, 2.45) is 11.7 Å². The molecule has 17 heavy (non-hydrogen) atoms. The molecule has 1 aliphatic rings. The highest BCUT2D eigenvalue weighted by atomic mass is 16.5. The molecule has 2 rings (SSSR count). The molecule has 0 aromatic carbocycles. The monoisotopic (exact) mass is 235 g/mol. The Balaban J connectivity index is 1.87. The third kappa shape index (κ3) is 3.25. The SMILES string of the molecule is N=C(N)c1ncccc1COCC1CCOC1. The molecule has 1 fully saturated rings. The molecule has 2 heterocycles. The summed E-state index contributed by atoms with van der Waals surface area (Å²) in [4.78, 5) is 4.07. The van der Waals surface area contributed by atoms with Crippen LogP contribution < -0.4 is 5.73 Å². The van der Waals surface area contributed by atoms with Crippen molar-refractivity contribution in [3.63, 3.8) is 0 Å². The van der Waals surface area contributed by atoms with Gasteiger partial charge in [-0.1, -0.05) is 6.07 Å². The summed E-state index contributed by atoms with van der Waals surface area (Å²) in [5.74, 6) is 0.473. The maximum atomic E-state index is 7.42. The zero-order chi connectivity index (χ0) is 12.1. The van der Waals surface area contributed by atoms with Crippen LogP contribution >= 0.6 is 0 Å². The molecule has 92 valence electrons. The number of hydrogen-bond acceptors (Lipinski definition) is 4. The first-order valence-electron chi connectivity index (χ1n) is 5.71. The summed E-state index contributed by atoms with van der Waals surface area (Å²) in [6, 6.07) is 3.71. The van der Waals surface area contributed by atoms with Crippen LogP contribution in [0.3, 0.4) is 0 Å². The summed E-state index contributed by atoms with van der Waals surface area (Å²) in [7, 11) is 0. The van der Waals surface area contributed by atoms with Crippen molar-refractivity contribution < 1.29 is 9.47 Å². The quantitative estimate of drug-likeness (QED) is 0.587. The number of amidine groups is 1. The van der Waals surface area contributed by atoms with Gasteiger partial charge in [-0.2, -0.15) is 0 Å². The van der Waals surface area contributed by atoms with E-state index >= 15 is 0 Å². The van der Waals surface area contributed by atoms with Gasteiger partial charge in [-0.3, -0.25) is 10.4 Å². The maximum Gasteiger partial charge on any atom is 0.142 e. The maximum absolute atomic E-state index is 7.42. The first-order valence-corrected chi connectivity index (χ1v) is 5.71. The van der Waals surface area contributed by atoms with Crippen molar-refractivity contribution in [2.45, 2.75) is 13.0 Å². The van der Waals surface area contributed by atoms with Crippen molar-refractivity contribution in [1.29, 1.82) is 5.41 Å². The summed E-state index contributed by atoms with van der Waals surface area (Å²) in [5.41, 5.74) is 6.82. The molecule has 5 nitrogen and oxygen atoms in total. The zero-order valence-electron chi connectivity index (χ0n) is 9.69. The lowest BCUT2D eigenvalue weighted by Crippen LogP contribution is -2.17. The molecule has 1 aliphatic heterocycles. The topological polar surface area (TPSA) is 81.2 Å². The lowest BCUT2D eigenvalue weighted by Gasteiger charge is -2.10. The Kier molecular flexibility index (Phi) is 4.06. The van der Waals surface area contributed by atoms with Gasteiger partial charge < -0.3 is 15.2 Å². The summed E-state index contributed by atoms with van der Waals surface area (Å²) < 4.78 is 10.9. The van der Waals surface area contributed by atoms with Crippen LogP contribution in [0.5, 0.6) is 0 Å². The Bertz CT molecular complexity index is 389. The smallest absolute Gasteiger partial charge is 0.142 e. The van der Waals surface area contributed by atoms with E-state index in [0.717, 1.165) is 25.2 Å². The van der Waals surface area contributed by atoms with Crippen LogP contribution in [0.1, 0.15) is 17.7 Å². The summed E-state index contributed by atoms with van der Waals surface area (Å²) in [5, 5.41) is 7.42. The standard InChI is InChI=1S/C12H17N3O2/c13-12(14)11-10(2-1-4-15-11)8-17-7-9-3-5-16-6-9/h1-2,4,9H,3,5-8H2,(H3,13,14). The number of aromatic nitrogens is 1. The van der Waals surface area contributed by atoms with Crippen LogP contribution in [0.2, 0.25) is 0 Å². The van der Waals surface area contributed by atoms with E-state index in [2.05, 4.69) is 4.98 Å². The van der Waals surface area contributed by atoms with Gasteiger partial charge in [-0.15, -0.1) is 0 Å². The van der Waals surface area contributed by atoms with Gasteiger partial charge in [0.2, 0.25) is 0 Å². The lowest BCUT2D eigenvalue weighted by molar-refractivity contribution is 0.0789. The molecular weight excluding hydrogens is 218 g/mol. The summed E-state index contributed by atoms with van der Waals surface area (Å²) in [6.07, 6.45) is 2.69. The molecule has 0 aliphatic carbocycles. The van der Waals surface area contributed by atoms with Crippen molar-refractivity contribution in [2.75, 3.05) is 19.8 Å². The lowest BCUT2D eigenvalue weighted by atomic mass is 10.1. The van der Waals surface area contributed by atoms with Crippen molar-refractivity contribution in [3.05, 3.63) is 29.6 Å². The minimum atomic E-state index is -0.0200. The molecule has 1 aromatic heterocycles. The fourth-order valence-electron chi connectivity index (χ4n) is 1.85. The Morgan fingerprint density at radius 2 is 2.53 bits per heavy atom. The van der Waals surface area contributed by atoms with Crippen LogP contribution in [-0.2, 0) is 16.1 Å². The predicted octanol–water partition coefficient (Wildman–Crippen LogP) is 0.919. The molecule has 0 amide bonds. The van der Waals surface area contributed by atoms with Crippen molar-refractivity contribution >= 4 is 5.84 Å². The average Bonchev–Trinajstić information content (AvgIpc) is 2.82. The number of rotatable bonds is 5. The van der Waals surface area contributed by atoms with Crippen LogP contribution in [0, 0.1) is 11.3 Å². The van der Waals surface area contributed by atoms with Crippen LogP contribution in [-0.4, -0.2) is 30.6 Å². The minimum Gasteiger partial charge on any atom is -0.382 e. The van der Waals surface area contributed by atoms with E-state index in [1.165, 1.54) is 0 Å². The molecule has 0 spiro atoms. The molecule has 1 unspecified atom stereocenters. The van der Waals surface area contributed by atoms with E-state index in [9.17, 15) is 0 Å². The van der Waals surface area contributed by atoms with E-state index in [0.29, 0.717) is 24.8 Å². The second kappa shape index (κ2) is 5.75. The number of ether oxygens (including phenoxy) is 2. The van der Waals surface area contributed by atoms with E-state index in [-0.39, 0.29) is 5.84 Å². The van der Waals surface area contributed by atoms with Crippen molar-refractivity contribution in [1.82, 2.24) is 4.98 Å². The molecule has 1 aromatic rings. The van der Waals surface area contributed by atoms with Gasteiger partial charge in [0.1, 0.15) is 11.5 Å². The highest BCUT2D eigenvalue weighted by Crippen LogP contribution is 2.14. The van der Waals surface area contributed by atoms with Gasteiger partial charge >= 0.3 is 0 Å². The Hall–Kier alpha value is -1.46. The van der Waals surface area contributed by atoms with Gasteiger partial charge in [-0.25, -0.2) is 0 Å². The first-order chi connectivity index (χ1) is 8.27. The third-order valence-electron chi connectivity index (χ3n) is 2.78. The molecule has 1 atom stereocenters. The van der Waals surface area contributed by atoms with E-state index in [4.69, 9.17) is 20.6 Å². The first kappa shape index (κ1) is 12.0. The number of pyridine rings is 1. The van der Waals surface area contributed by atoms with E-state index in [1.54, 1.807) is 6.20 Å². The Morgan fingerprint density at radius 3 is 3.24 bits per heavy atom. The highest BCUT2D eigenvalue weighted by molar-refractivity contribution is 5.94. The zero-order valence-corrected chi connectivity index (χ0v) is 9.69. The Labute approximate surface area is 100 Å². The van der Waals surface area contributed by atoms with E-state index in [1.807, 2.05) is 12.1 Å². The molecular formula is C12H17N3O2. The largest absolute Gasteiger partial charge is 0.382 e. The molecule has 1 saturated heterocycles. The molecule has 5 heteroatoms. The summed E-state index contributed by atoms with van der Waals surface area (Å²) in [6.45, 7) is 2.75. The second-order valence-corrected chi connectivity index (χ2v) is 4.17. The fraction of sp³-hybridized carbons (Fsp3) is 0.500. The van der Waals surface area contributed by atoms with E-state index < -0.39 is 0 Å². The Morgan fingerprint density at radius 1 is 1.65 bits per heavy atom. The number of nitrogens with zero attached hydrogens (tertiary/aromatic N) is 1. The predicted molar refractivity (Wildman–Crippen MR) is 63.8 cm³/mol. The molecule has 0 radical (unpaired) electrons. The number of nitrogens with two attached hydrogens (primary N) is 1. The normalized spacial score (nSPS) is 19.4. The second-order valence-electron chi connectivity index (χ2n) is 4.17. The fourth-order valence-corrected chi connectivity index (χ4v) is 1.85.